The highest BCUT2D eigenvalue weighted by Crippen LogP contribution is 2.40. The number of allylic oxidation sites excluding steroid dienone is 1. The summed E-state index contributed by atoms with van der Waals surface area (Å²) in [5.74, 6) is -0.289. The van der Waals surface area contributed by atoms with Crippen molar-refractivity contribution in [2.75, 3.05) is 13.2 Å². The van der Waals surface area contributed by atoms with Gasteiger partial charge in [-0.2, -0.15) is 0 Å². The molecule has 0 saturated carbocycles. The Kier molecular flexibility index (Phi) is 6.26. The zero-order valence-electron chi connectivity index (χ0n) is 16.2. The van der Waals surface area contributed by atoms with Crippen LogP contribution in [0.15, 0.2) is 60.7 Å². The zero-order valence-corrected chi connectivity index (χ0v) is 16.2. The van der Waals surface area contributed by atoms with Gasteiger partial charge in [0.1, 0.15) is 0 Å². The fraction of sp³-hybridized carbons (Fsp3) is 0.304. The summed E-state index contributed by atoms with van der Waals surface area (Å²) in [6.07, 6.45) is 4.00. The van der Waals surface area contributed by atoms with Crippen molar-refractivity contribution in [2.24, 2.45) is 0 Å². The van der Waals surface area contributed by atoms with Gasteiger partial charge in [0.25, 0.3) is 5.91 Å². The molecule has 2 aromatic rings. The Balaban J connectivity index is 1.78. The van der Waals surface area contributed by atoms with Crippen LogP contribution in [-0.4, -0.2) is 47.1 Å². The quantitative estimate of drug-likeness (QED) is 0.812. The summed E-state index contributed by atoms with van der Waals surface area (Å²) in [7, 11) is 0. The summed E-state index contributed by atoms with van der Waals surface area (Å²) >= 11 is 0. The summed E-state index contributed by atoms with van der Waals surface area (Å²) in [4.78, 5) is 26.2. The van der Waals surface area contributed by atoms with E-state index in [2.05, 4.69) is 5.32 Å². The summed E-state index contributed by atoms with van der Waals surface area (Å²) in [6.45, 7) is 3.70. The highest BCUT2D eigenvalue weighted by molar-refractivity contribution is 5.94. The molecule has 1 aliphatic heterocycles. The maximum atomic E-state index is 12.4. The first-order valence-corrected chi connectivity index (χ1v) is 9.52. The number of aliphatic hydroxyl groups is 1. The van der Waals surface area contributed by atoms with Gasteiger partial charge in [-0.25, -0.2) is 0 Å². The lowest BCUT2D eigenvalue weighted by atomic mass is 9.75. The average molecular weight is 378 g/mol. The van der Waals surface area contributed by atoms with E-state index in [4.69, 9.17) is 0 Å². The average Bonchev–Trinajstić information content (AvgIpc) is 2.69. The van der Waals surface area contributed by atoms with E-state index in [1.165, 1.54) is 6.92 Å². The van der Waals surface area contributed by atoms with E-state index < -0.39 is 0 Å². The van der Waals surface area contributed by atoms with Crippen LogP contribution >= 0.6 is 0 Å². The van der Waals surface area contributed by atoms with Crippen molar-refractivity contribution in [1.29, 1.82) is 0 Å². The molecule has 1 heterocycles. The van der Waals surface area contributed by atoms with Crippen LogP contribution in [0.1, 0.15) is 41.3 Å². The topological polar surface area (TPSA) is 69.6 Å². The van der Waals surface area contributed by atoms with Gasteiger partial charge in [-0.05, 0) is 30.2 Å². The van der Waals surface area contributed by atoms with Gasteiger partial charge in [0.05, 0.1) is 18.7 Å². The van der Waals surface area contributed by atoms with Crippen LogP contribution in [0.25, 0.3) is 6.08 Å². The van der Waals surface area contributed by atoms with Crippen molar-refractivity contribution in [3.05, 3.63) is 77.4 Å². The molecule has 3 atom stereocenters. The molecule has 3 rings (SSSR count). The third-order valence-electron chi connectivity index (χ3n) is 5.28. The van der Waals surface area contributed by atoms with Crippen LogP contribution in [0.2, 0.25) is 0 Å². The SMILES string of the molecule is C/C=C/c1ccc([C@H]2[C@@H](CO)N(C(C)=O)[C@H]2CNC(=O)c2ccccc2)cc1. The van der Waals surface area contributed by atoms with Gasteiger partial charge < -0.3 is 15.3 Å². The van der Waals surface area contributed by atoms with Gasteiger partial charge in [-0.15, -0.1) is 0 Å². The van der Waals surface area contributed by atoms with Crippen LogP contribution in [0.5, 0.6) is 0 Å². The van der Waals surface area contributed by atoms with E-state index in [1.54, 1.807) is 17.0 Å². The van der Waals surface area contributed by atoms with Crippen molar-refractivity contribution in [2.45, 2.75) is 31.8 Å². The molecular weight excluding hydrogens is 352 g/mol. The minimum atomic E-state index is -0.274. The first kappa shape index (κ1) is 19.8. The number of hydrogen-bond acceptors (Lipinski definition) is 3. The number of carbonyl (C=O) groups excluding carboxylic acids is 2. The highest BCUT2D eigenvalue weighted by atomic mass is 16.3. The minimum Gasteiger partial charge on any atom is -0.394 e. The van der Waals surface area contributed by atoms with Crippen molar-refractivity contribution in [3.8, 4) is 0 Å². The van der Waals surface area contributed by atoms with Crippen LogP contribution < -0.4 is 5.32 Å². The molecular formula is C23H26N2O3. The second kappa shape index (κ2) is 8.85. The summed E-state index contributed by atoms with van der Waals surface area (Å²) in [6, 6.07) is 16.7. The molecule has 0 spiro atoms. The second-order valence-corrected chi connectivity index (χ2v) is 7.01. The Labute approximate surface area is 165 Å². The number of benzene rings is 2. The number of likely N-dealkylation sites (tertiary alicyclic amines) is 1. The Hall–Kier alpha value is -2.92. The molecule has 0 aromatic heterocycles. The number of carbonyl (C=O) groups is 2. The van der Waals surface area contributed by atoms with Crippen LogP contribution in [0.4, 0.5) is 0 Å². The normalized spacial score (nSPS) is 21.4. The van der Waals surface area contributed by atoms with Gasteiger partial charge in [0, 0.05) is 24.9 Å². The van der Waals surface area contributed by atoms with Gasteiger partial charge in [0.15, 0.2) is 0 Å². The van der Waals surface area contributed by atoms with Crippen LogP contribution in [0, 0.1) is 0 Å². The minimum absolute atomic E-state index is 0.0235. The van der Waals surface area contributed by atoms with Crippen molar-refractivity contribution in [1.82, 2.24) is 10.2 Å². The second-order valence-electron chi connectivity index (χ2n) is 7.01. The lowest BCUT2D eigenvalue weighted by Gasteiger charge is -2.54. The number of hydrogen-bond donors (Lipinski definition) is 2. The molecule has 28 heavy (non-hydrogen) atoms. The predicted molar refractivity (Wildman–Crippen MR) is 110 cm³/mol. The van der Waals surface area contributed by atoms with Crippen LogP contribution in [-0.2, 0) is 4.79 Å². The lowest BCUT2D eigenvalue weighted by molar-refractivity contribution is -0.147. The monoisotopic (exact) mass is 378 g/mol. The molecule has 1 saturated heterocycles. The Morgan fingerprint density at radius 1 is 1.07 bits per heavy atom. The third kappa shape index (κ3) is 3.99. The molecule has 2 N–H and O–H groups in total. The molecule has 1 aliphatic rings. The van der Waals surface area contributed by atoms with Crippen molar-refractivity contribution < 1.29 is 14.7 Å². The van der Waals surface area contributed by atoms with Gasteiger partial charge in [-0.3, -0.25) is 9.59 Å². The zero-order chi connectivity index (χ0) is 20.1. The summed E-state index contributed by atoms with van der Waals surface area (Å²) in [5, 5.41) is 12.8. The van der Waals surface area contributed by atoms with Crippen molar-refractivity contribution in [3.63, 3.8) is 0 Å². The highest BCUT2D eigenvalue weighted by Gasteiger charge is 2.49. The van der Waals surface area contributed by atoms with E-state index in [1.807, 2.05) is 61.5 Å². The van der Waals surface area contributed by atoms with Gasteiger partial charge in [-0.1, -0.05) is 54.6 Å². The van der Waals surface area contributed by atoms with Gasteiger partial charge in [0.2, 0.25) is 5.91 Å². The van der Waals surface area contributed by atoms with Crippen LogP contribution in [0.3, 0.4) is 0 Å². The standard InChI is InChI=1S/C23H26N2O3/c1-3-7-17-10-12-18(13-11-17)22-20(25(16(2)27)21(22)15-26)14-24-23(28)19-8-5-4-6-9-19/h3-13,20-22,26H,14-15H2,1-2H3,(H,24,28)/b7-3+/t20-,21+,22+/m0/s1. The first-order valence-electron chi connectivity index (χ1n) is 9.52. The number of amides is 2. The Morgan fingerprint density at radius 3 is 2.32 bits per heavy atom. The molecule has 0 bridgehead atoms. The number of nitrogens with one attached hydrogen (secondary N) is 1. The number of aliphatic hydroxyl groups excluding tert-OH is 1. The predicted octanol–water partition coefficient (Wildman–Crippen LogP) is 2.82. The van der Waals surface area contributed by atoms with E-state index in [0.29, 0.717) is 12.1 Å². The van der Waals surface area contributed by atoms with Gasteiger partial charge >= 0.3 is 0 Å². The van der Waals surface area contributed by atoms with E-state index >= 15 is 0 Å². The molecule has 0 radical (unpaired) electrons. The molecule has 5 heteroatoms. The van der Waals surface area contributed by atoms with E-state index in [-0.39, 0.29) is 36.4 Å². The molecule has 2 aromatic carbocycles. The molecule has 0 aliphatic carbocycles. The van der Waals surface area contributed by atoms with E-state index in [0.717, 1.165) is 11.1 Å². The Bertz CT molecular complexity index is 846. The maximum absolute atomic E-state index is 12.4. The smallest absolute Gasteiger partial charge is 0.251 e. The van der Waals surface area contributed by atoms with Crippen molar-refractivity contribution >= 4 is 17.9 Å². The fourth-order valence-corrected chi connectivity index (χ4v) is 4.00. The first-order chi connectivity index (χ1) is 13.6. The maximum Gasteiger partial charge on any atom is 0.251 e. The summed E-state index contributed by atoms with van der Waals surface area (Å²) < 4.78 is 0. The number of rotatable bonds is 6. The summed E-state index contributed by atoms with van der Waals surface area (Å²) in [5.41, 5.74) is 2.74. The largest absolute Gasteiger partial charge is 0.394 e. The molecule has 2 amide bonds. The lowest BCUT2D eigenvalue weighted by Crippen LogP contribution is -2.68. The fourth-order valence-electron chi connectivity index (χ4n) is 4.00. The molecule has 1 fully saturated rings. The molecule has 146 valence electrons. The molecule has 0 unspecified atom stereocenters. The molecule has 5 nitrogen and oxygen atoms in total. The van der Waals surface area contributed by atoms with E-state index in [9.17, 15) is 14.7 Å². The third-order valence-corrected chi connectivity index (χ3v) is 5.28. The number of nitrogens with zero attached hydrogens (tertiary/aromatic N) is 1. The Morgan fingerprint density at radius 2 is 1.75 bits per heavy atom.